The normalized spacial score (nSPS) is 13.4. The molecule has 1 aliphatic carbocycles. The molecule has 35 nitrogen and oxygen atoms in total. The fourth-order valence-corrected chi connectivity index (χ4v) is 14.6. The first-order chi connectivity index (χ1) is 66.3. The van der Waals surface area contributed by atoms with E-state index in [1.54, 1.807) is 42.7 Å². The van der Waals surface area contributed by atoms with Crippen LogP contribution in [-0.4, -0.2) is 153 Å². The Hall–Kier alpha value is -15.8. The molecule has 5 N–H and O–H groups in total. The molecular formula is C97H99F5N22O13. The highest BCUT2D eigenvalue weighted by Crippen LogP contribution is 2.33. The molecule has 0 radical (unpaired) electrons. The summed E-state index contributed by atoms with van der Waals surface area (Å²) in [7, 11) is 0. The topological polar surface area (TPSA) is 417 Å². The van der Waals surface area contributed by atoms with E-state index in [0.717, 1.165) is 138 Å². The van der Waals surface area contributed by atoms with Crippen LogP contribution in [-0.2, 0) is 70.2 Å². The number of hydrogen-bond acceptors (Lipinski definition) is 31. The van der Waals surface area contributed by atoms with Crippen molar-refractivity contribution >= 4 is 46.9 Å². The first-order valence-electron chi connectivity index (χ1n) is 44.2. The van der Waals surface area contributed by atoms with Crippen molar-refractivity contribution in [3.8, 4) is 24.0 Å². The van der Waals surface area contributed by atoms with Crippen molar-refractivity contribution in [2.75, 3.05) is 72.5 Å². The average molecular weight is 1880 g/mol. The lowest BCUT2D eigenvalue weighted by Crippen LogP contribution is -2.48. The fraction of sp³-hybridized carbons (Fsp3) is 0.320. The number of hydrogen-bond donors (Lipinski definition) is 5. The molecule has 0 atom stereocenters. The maximum absolute atomic E-state index is 13.1. The van der Waals surface area contributed by atoms with Crippen molar-refractivity contribution in [3.05, 3.63) is 319 Å². The first kappa shape index (κ1) is 95.8. The molecule has 0 bridgehead atoms. The molecule has 3 saturated heterocycles. The van der Waals surface area contributed by atoms with E-state index in [9.17, 15) is 41.1 Å². The van der Waals surface area contributed by atoms with Crippen molar-refractivity contribution in [1.82, 2.24) is 91.7 Å². The van der Waals surface area contributed by atoms with Crippen molar-refractivity contribution in [1.29, 1.82) is 0 Å². The van der Waals surface area contributed by atoms with Crippen molar-refractivity contribution < 1.29 is 83.0 Å². The number of halogens is 5. The summed E-state index contributed by atoms with van der Waals surface area (Å²) in [6.07, 6.45) is 5.76. The molecule has 0 unspecified atom stereocenters. The van der Waals surface area contributed by atoms with Crippen LogP contribution in [0.15, 0.2) is 206 Å². The summed E-state index contributed by atoms with van der Waals surface area (Å²) < 4.78 is 107. The van der Waals surface area contributed by atoms with Crippen LogP contribution < -0.4 is 60.4 Å². The summed E-state index contributed by atoms with van der Waals surface area (Å²) in [5, 5.41) is 25.6. The standard InChI is InChI=1S/C27H27FN6O3.C24H26FN5O3.C24H24N6O4.C22H22F3N5O3/c1-17-9-20(7-8-29-17)13-30-26(35)24-12-23(37-33-24)16-36-27-31-18(2)10-25(32-27)34-14-21(15-34)11-19-3-5-22(28)6-4-19;1-15-8-22(30-12-18(13-30)9-16-4-6-19(25)7-5-16)28-24(27-15)32-14-20-10-21(29-33-20)23(31)26-11-17-2-3-17;1-16-10-19(8-9-25-16)13-26-23(31)21-12-20(34-29-21)15-32-24-27-17(2)11-22(28-24)30-33-14-18-6-4-3-5-7-18;1-13-6-20(30-10-15(11-30)7-14-2-4-16(23)5-3-14)28-22(27-13)32-12-17-8-18(29-33-17)21(31)26-9-19(24)25/h3-10,12,21H,11,13-16H2,1-2H3,(H,30,35);4-8,10,17-18H,2-3,9,11-14H2,1H3,(H,26,31);3-12H,13-15H2,1-2H3,(H,26,31)(H,27,28,30);2-6,8,15,19H,7,9-12H2,1H3,(H,26,31). The van der Waals surface area contributed by atoms with E-state index < -0.39 is 18.9 Å². The van der Waals surface area contributed by atoms with Gasteiger partial charge in [-0.05, 0) is 191 Å². The molecule has 13 heterocycles. The predicted molar refractivity (Wildman–Crippen MR) is 486 cm³/mol. The van der Waals surface area contributed by atoms with E-state index in [1.165, 1.54) is 61.4 Å². The number of amides is 4. The quantitative estimate of drug-likeness (QED) is 0.0178. The third-order valence-electron chi connectivity index (χ3n) is 21.7. The van der Waals surface area contributed by atoms with Gasteiger partial charge < -0.3 is 73.0 Å². The van der Waals surface area contributed by atoms with Crippen LogP contribution >= 0.6 is 0 Å². The Morgan fingerprint density at radius 2 is 0.708 bits per heavy atom. The predicted octanol–water partition coefficient (Wildman–Crippen LogP) is 13.8. The van der Waals surface area contributed by atoms with Gasteiger partial charge in [0.15, 0.2) is 78.1 Å². The minimum Gasteiger partial charge on any atom is -0.455 e. The van der Waals surface area contributed by atoms with Gasteiger partial charge in [0, 0.05) is 154 Å². The number of carbonyl (C=O) groups is 4. The zero-order valence-electron chi connectivity index (χ0n) is 75.7. The van der Waals surface area contributed by atoms with Crippen LogP contribution in [0.5, 0.6) is 24.0 Å². The second kappa shape index (κ2) is 46.3. The molecule has 1 saturated carbocycles. The highest BCUT2D eigenvalue weighted by atomic mass is 19.3. The molecule has 4 amide bonds. The van der Waals surface area contributed by atoms with Crippen LogP contribution in [0.2, 0.25) is 0 Å². The molecule has 14 aromatic rings. The Kier molecular flexibility index (Phi) is 32.4. The van der Waals surface area contributed by atoms with Gasteiger partial charge in [-0.15, -0.1) is 0 Å². The second-order valence-corrected chi connectivity index (χ2v) is 33.4. The minimum absolute atomic E-state index is 0.0115. The van der Waals surface area contributed by atoms with Crippen LogP contribution in [0, 0.1) is 82.7 Å². The average Bonchev–Trinajstić information content (AvgIpc) is 1.40. The summed E-state index contributed by atoms with van der Waals surface area (Å²) in [6.45, 7) is 17.4. The molecule has 4 aromatic carbocycles. The Labute approximate surface area is 783 Å². The van der Waals surface area contributed by atoms with Gasteiger partial charge in [-0.3, -0.25) is 34.0 Å². The lowest BCUT2D eigenvalue weighted by atomic mass is 9.92. The molecule has 710 valence electrons. The molecule has 137 heavy (non-hydrogen) atoms. The van der Waals surface area contributed by atoms with Crippen LogP contribution in [0.4, 0.5) is 45.2 Å². The summed E-state index contributed by atoms with van der Waals surface area (Å²) in [4.78, 5) is 104. The monoisotopic (exact) mass is 1870 g/mol. The molecule has 3 aliphatic heterocycles. The van der Waals surface area contributed by atoms with Crippen LogP contribution in [0.3, 0.4) is 0 Å². The number of benzene rings is 4. The van der Waals surface area contributed by atoms with E-state index >= 15 is 0 Å². The van der Waals surface area contributed by atoms with Gasteiger partial charge in [0.25, 0.3) is 30.1 Å². The summed E-state index contributed by atoms with van der Waals surface area (Å²) >= 11 is 0. The van der Waals surface area contributed by atoms with Crippen molar-refractivity contribution in [2.24, 2.45) is 23.7 Å². The van der Waals surface area contributed by atoms with Crippen molar-refractivity contribution in [2.45, 2.75) is 126 Å². The van der Waals surface area contributed by atoms with E-state index in [2.05, 4.69) is 107 Å². The molecule has 4 aliphatic rings. The number of aromatic nitrogens is 14. The number of nitrogens with one attached hydrogen (secondary N) is 5. The number of ether oxygens (including phenoxy) is 4. The van der Waals surface area contributed by atoms with Gasteiger partial charge >= 0.3 is 24.0 Å². The SMILES string of the molecule is Cc1cc(CNC(=O)c2cc(COc3nc(C)cc(N4CC(Cc5ccc(F)cc5)C4)n3)on2)ccn1.Cc1cc(CNC(=O)c2cc(COc3nc(C)cc(NOCc4ccccc4)n3)on2)ccn1.Cc1cc(N2CC(Cc3ccc(F)cc3)C2)nc(OCc2cc(C(=O)NCC(F)F)no2)n1.Cc1cc(N2CC(Cc3ccc(F)cc3)C2)nc(OCc2cc(C(=O)NCC3CC3)no2)n1. The van der Waals surface area contributed by atoms with Crippen LogP contribution in [0.25, 0.3) is 0 Å². The number of carbonyl (C=O) groups excluding carboxylic acids is 4. The first-order valence-corrected chi connectivity index (χ1v) is 44.2. The number of nitrogens with zero attached hydrogens (tertiary/aromatic N) is 17. The third-order valence-corrected chi connectivity index (χ3v) is 21.7. The molecular weight excluding hydrogens is 1780 g/mol. The summed E-state index contributed by atoms with van der Waals surface area (Å²) in [5.74, 6) is 3.87. The van der Waals surface area contributed by atoms with Gasteiger partial charge in [0.2, 0.25) is 0 Å². The molecule has 18 rings (SSSR count). The maximum atomic E-state index is 13.1. The van der Waals surface area contributed by atoms with E-state index in [4.69, 9.17) is 41.9 Å². The molecule has 40 heteroatoms. The fourth-order valence-electron chi connectivity index (χ4n) is 14.6. The Morgan fingerprint density at radius 1 is 0.365 bits per heavy atom. The number of rotatable bonds is 37. The van der Waals surface area contributed by atoms with E-state index in [0.29, 0.717) is 78.7 Å². The largest absolute Gasteiger partial charge is 0.455 e. The maximum Gasteiger partial charge on any atom is 0.319 e. The van der Waals surface area contributed by atoms with E-state index in [-0.39, 0.29) is 114 Å². The summed E-state index contributed by atoms with van der Waals surface area (Å²) in [5.41, 5.74) is 14.3. The zero-order chi connectivity index (χ0) is 95.7. The molecule has 0 spiro atoms. The zero-order valence-corrected chi connectivity index (χ0v) is 75.7. The van der Waals surface area contributed by atoms with Gasteiger partial charge in [-0.2, -0.15) is 19.9 Å². The van der Waals surface area contributed by atoms with Crippen molar-refractivity contribution in [3.63, 3.8) is 0 Å². The number of aryl methyl sites for hydroxylation is 6. The summed E-state index contributed by atoms with van der Waals surface area (Å²) in [6, 6.07) is 51.3. The van der Waals surface area contributed by atoms with E-state index in [1.807, 2.05) is 144 Å². The highest BCUT2D eigenvalue weighted by Gasteiger charge is 2.33. The Bertz CT molecular complexity index is 6210. The highest BCUT2D eigenvalue weighted by molar-refractivity contribution is 5.93. The number of alkyl halides is 2. The van der Waals surface area contributed by atoms with Gasteiger partial charge in [-0.25, -0.2) is 47.4 Å². The lowest BCUT2D eigenvalue weighted by molar-refractivity contribution is 0.0881. The number of pyridine rings is 2. The smallest absolute Gasteiger partial charge is 0.319 e. The molecule has 10 aromatic heterocycles. The Balaban J connectivity index is 0.000000139. The van der Waals surface area contributed by atoms with Gasteiger partial charge in [-0.1, -0.05) is 87.4 Å². The van der Waals surface area contributed by atoms with Crippen LogP contribution in [0.1, 0.15) is 145 Å². The number of anilines is 4. The van der Waals surface area contributed by atoms with Gasteiger partial charge in [0.1, 0.15) is 34.9 Å². The third kappa shape index (κ3) is 29.4. The second-order valence-electron chi connectivity index (χ2n) is 33.4. The van der Waals surface area contributed by atoms with Gasteiger partial charge in [0.05, 0.1) is 13.2 Å². The lowest BCUT2D eigenvalue weighted by Gasteiger charge is -2.40. The minimum atomic E-state index is -2.65. The Morgan fingerprint density at radius 3 is 1.06 bits per heavy atom. The molecule has 4 fully saturated rings.